The molecule has 0 bridgehead atoms. The molecule has 0 amide bonds. The summed E-state index contributed by atoms with van der Waals surface area (Å²) < 4.78 is 25.8. The van der Waals surface area contributed by atoms with Crippen molar-refractivity contribution < 1.29 is 24.1 Å². The molecule has 0 atom stereocenters. The summed E-state index contributed by atoms with van der Waals surface area (Å²) >= 11 is 0. The number of hydrogen-bond donors (Lipinski definition) is 4. The van der Waals surface area contributed by atoms with Gasteiger partial charge in [-0.1, -0.05) is 12.1 Å². The maximum atomic E-state index is 10.2. The normalized spacial score (nSPS) is 18.5. The van der Waals surface area contributed by atoms with Crippen molar-refractivity contribution in [2.75, 3.05) is 135 Å². The zero-order valence-electron chi connectivity index (χ0n) is 33.9. The third kappa shape index (κ3) is 7.93. The molecule has 8 heterocycles. The predicted molar refractivity (Wildman–Crippen MR) is 230 cm³/mol. The van der Waals surface area contributed by atoms with Gasteiger partial charge in [-0.2, -0.15) is 19.9 Å². The minimum absolute atomic E-state index is 0.0717. The molecule has 20 nitrogen and oxygen atoms in total. The van der Waals surface area contributed by atoms with Crippen LogP contribution in [0.3, 0.4) is 0 Å². The molecule has 0 spiro atoms. The number of nitrogens with zero attached hydrogens (tertiary/aromatic N) is 12. The number of rotatable bonds is 6. The molecule has 2 aromatic carbocycles. The van der Waals surface area contributed by atoms with Gasteiger partial charge in [0.15, 0.2) is 0 Å². The molecular weight excluding hydrogens is 771 g/mol. The van der Waals surface area contributed by atoms with Gasteiger partial charge in [-0.15, -0.1) is 0 Å². The predicted octanol–water partition coefficient (Wildman–Crippen LogP) is 2.21. The number of phenols is 1. The first kappa shape index (κ1) is 39.3. The van der Waals surface area contributed by atoms with Gasteiger partial charge in [-0.3, -0.25) is 0 Å². The van der Waals surface area contributed by atoms with E-state index in [-0.39, 0.29) is 17.3 Å². The van der Waals surface area contributed by atoms with E-state index in [1.807, 2.05) is 36.4 Å². The van der Waals surface area contributed by atoms with E-state index in [0.717, 1.165) is 74.6 Å². The van der Waals surface area contributed by atoms with Gasteiger partial charge in [-0.05, 0) is 38.1 Å². The number of benzene rings is 2. The fraction of sp³-hybridized carbons (Fsp3) is 0.450. The number of hydrogen-bond acceptors (Lipinski definition) is 18. The topological polar surface area (TPSA) is 235 Å². The molecule has 4 fully saturated rings. The highest BCUT2D eigenvalue weighted by Crippen LogP contribution is 2.32. The van der Waals surface area contributed by atoms with Gasteiger partial charge >= 0.3 is 0 Å². The van der Waals surface area contributed by atoms with Crippen molar-refractivity contribution in [2.24, 2.45) is 0 Å². The molecule has 4 aliphatic heterocycles. The second-order valence-electron chi connectivity index (χ2n) is 15.6. The van der Waals surface area contributed by atoms with E-state index in [9.17, 15) is 5.11 Å². The maximum absolute atomic E-state index is 10.2. The van der Waals surface area contributed by atoms with E-state index in [1.165, 1.54) is 0 Å². The fourth-order valence-electron chi connectivity index (χ4n) is 7.92. The first-order chi connectivity index (χ1) is 29.1. The monoisotopic (exact) mass is 821 g/mol. The smallest absolute Gasteiger partial charge is 0.241 e. The summed E-state index contributed by atoms with van der Waals surface area (Å²) in [5.41, 5.74) is 21.4. The van der Waals surface area contributed by atoms with Gasteiger partial charge in [0.05, 0.1) is 68.6 Å². The van der Waals surface area contributed by atoms with Crippen LogP contribution < -0.4 is 36.8 Å². The fourth-order valence-corrected chi connectivity index (χ4v) is 7.92. The number of anilines is 7. The number of nitrogens with two attached hydrogens (primary N) is 3. The molecule has 4 saturated heterocycles. The van der Waals surface area contributed by atoms with Crippen LogP contribution in [0.4, 0.5) is 40.9 Å². The Morgan fingerprint density at radius 1 is 0.533 bits per heavy atom. The number of aromatic nitrogens is 8. The first-order valence-corrected chi connectivity index (χ1v) is 20.3. The average Bonchev–Trinajstić information content (AvgIpc) is 3.81. The molecule has 6 aromatic rings. The first-order valence-electron chi connectivity index (χ1n) is 20.3. The average molecular weight is 822 g/mol. The number of para-hydroxylation sites is 2. The van der Waals surface area contributed by atoms with Crippen LogP contribution in [0, 0.1) is 0 Å². The second kappa shape index (κ2) is 16.4. The zero-order chi connectivity index (χ0) is 41.4. The highest BCUT2D eigenvalue weighted by molar-refractivity contribution is 5.90. The van der Waals surface area contributed by atoms with Crippen molar-refractivity contribution in [3.63, 3.8) is 0 Å². The minimum Gasteiger partial charge on any atom is -0.506 e. The van der Waals surface area contributed by atoms with Crippen molar-refractivity contribution in [3.05, 3.63) is 48.5 Å². The number of aromatic hydroxyl groups is 1. The number of fused-ring (bicyclic) bond motifs is 2. The number of nitrogen functional groups attached to an aromatic ring is 3. The van der Waals surface area contributed by atoms with E-state index in [2.05, 4.69) is 43.4 Å². The molecule has 0 saturated carbocycles. The van der Waals surface area contributed by atoms with Gasteiger partial charge in [0.25, 0.3) is 0 Å². The Kier molecular flexibility index (Phi) is 10.8. The molecule has 10 rings (SSSR count). The minimum atomic E-state index is -0.269. The Bertz CT molecular complexity index is 2440. The number of phenolic OH excluding ortho intramolecular Hbond substituents is 1. The Morgan fingerprint density at radius 2 is 0.950 bits per heavy atom. The van der Waals surface area contributed by atoms with Crippen molar-refractivity contribution in [2.45, 2.75) is 19.4 Å². The Balaban J connectivity index is 0.000000154. The number of imidazole rings is 2. The quantitative estimate of drug-likeness (QED) is 0.176. The van der Waals surface area contributed by atoms with Crippen molar-refractivity contribution >= 4 is 62.9 Å². The van der Waals surface area contributed by atoms with Gasteiger partial charge < -0.3 is 60.9 Å². The molecule has 0 aliphatic carbocycles. The summed E-state index contributed by atoms with van der Waals surface area (Å²) in [6, 6.07) is 14.9. The van der Waals surface area contributed by atoms with E-state index < -0.39 is 0 Å². The van der Waals surface area contributed by atoms with E-state index in [4.69, 9.17) is 56.1 Å². The van der Waals surface area contributed by atoms with Crippen LogP contribution in [0.2, 0.25) is 0 Å². The van der Waals surface area contributed by atoms with Gasteiger partial charge in [0.2, 0.25) is 23.8 Å². The van der Waals surface area contributed by atoms with E-state index in [1.54, 1.807) is 21.3 Å². The molecule has 316 valence electrons. The van der Waals surface area contributed by atoms with Crippen LogP contribution in [-0.4, -0.2) is 148 Å². The molecule has 4 aromatic heterocycles. The highest BCUT2D eigenvalue weighted by atomic mass is 16.5. The molecule has 20 heteroatoms. The maximum Gasteiger partial charge on any atom is 0.241 e. The van der Waals surface area contributed by atoms with Gasteiger partial charge in [0.1, 0.15) is 40.1 Å². The lowest BCUT2D eigenvalue weighted by atomic mass is 10.1. The van der Waals surface area contributed by atoms with Gasteiger partial charge in [-0.25, -0.2) is 19.1 Å². The van der Waals surface area contributed by atoms with Crippen molar-refractivity contribution in [3.8, 4) is 17.6 Å². The lowest BCUT2D eigenvalue weighted by Crippen LogP contribution is -2.48. The molecule has 0 unspecified atom stereocenters. The van der Waals surface area contributed by atoms with E-state index >= 15 is 0 Å². The van der Waals surface area contributed by atoms with Crippen LogP contribution in [0.1, 0.15) is 13.8 Å². The largest absolute Gasteiger partial charge is 0.506 e. The molecule has 0 radical (unpaired) electrons. The summed E-state index contributed by atoms with van der Waals surface area (Å²) in [7, 11) is 0. The lowest BCUT2D eigenvalue weighted by molar-refractivity contribution is -0.0279. The van der Waals surface area contributed by atoms with Crippen LogP contribution in [0.5, 0.6) is 5.75 Å². The zero-order valence-corrected chi connectivity index (χ0v) is 33.9. The third-order valence-electron chi connectivity index (χ3n) is 11.0. The van der Waals surface area contributed by atoms with Crippen molar-refractivity contribution in [1.29, 1.82) is 0 Å². The Morgan fingerprint density at radius 3 is 1.43 bits per heavy atom. The van der Waals surface area contributed by atoms with Crippen LogP contribution in [-0.2, 0) is 18.9 Å². The summed E-state index contributed by atoms with van der Waals surface area (Å²) in [5, 5.41) is 10.2. The highest BCUT2D eigenvalue weighted by Gasteiger charge is 2.30. The molecule has 7 N–H and O–H groups in total. The van der Waals surface area contributed by atoms with E-state index in [0.29, 0.717) is 92.9 Å². The molecule has 60 heavy (non-hydrogen) atoms. The third-order valence-corrected chi connectivity index (χ3v) is 11.0. The standard InChI is InChI=1S/C21H27N7O3.C19H24N8O2/c1-21(2)13-27(8-11-31-21)17-12-16(26-6-9-30-10-7-26)23-20(24-17)28-14-4-3-5-15(29)18(14)25-19(28)22;20-13-2-1-3-14-17(13)24-18(21)27(14)19-22-15(25-4-8-28-9-5-25)12-16(23-19)26-6-10-29-11-7-26/h3-5,12,29H,6-11,13H2,1-2H3,(H2,22,25);1-3,12H,4-11,20H2,(H2,21,24). The SMILES string of the molecule is CC1(C)CN(c2cc(N3CCOCC3)nc(-n3c(N)nc4c(O)cccc43)n2)CCO1.Nc1cccc2c1nc(N)n2-c1nc(N2CCOCC2)cc(N2CCOCC2)n1. The molecular formula is C40H51N15O5. The summed E-state index contributed by atoms with van der Waals surface area (Å²) in [5.74, 6) is 4.85. The number of ether oxygens (including phenoxy) is 4. The summed E-state index contributed by atoms with van der Waals surface area (Å²) in [4.78, 5) is 37.0. The summed E-state index contributed by atoms with van der Waals surface area (Å²) in [6.07, 6.45) is 0. The lowest BCUT2D eigenvalue weighted by Gasteiger charge is -2.39. The van der Waals surface area contributed by atoms with Crippen LogP contribution >= 0.6 is 0 Å². The Labute approximate surface area is 346 Å². The second-order valence-corrected chi connectivity index (χ2v) is 15.6. The Hall–Kier alpha value is -6.22. The summed E-state index contributed by atoms with van der Waals surface area (Å²) in [6.45, 7) is 14.9. The molecule has 4 aliphatic rings. The van der Waals surface area contributed by atoms with Crippen molar-refractivity contribution in [1.82, 2.24) is 39.0 Å². The number of morpholine rings is 4. The van der Waals surface area contributed by atoms with Crippen LogP contribution in [0.25, 0.3) is 34.0 Å². The van der Waals surface area contributed by atoms with Gasteiger partial charge in [0, 0.05) is 64.5 Å². The van der Waals surface area contributed by atoms with Crippen LogP contribution in [0.15, 0.2) is 48.5 Å².